The molecule has 0 saturated carbocycles. The summed E-state index contributed by atoms with van der Waals surface area (Å²) < 4.78 is 8.61. The highest BCUT2D eigenvalue weighted by Crippen LogP contribution is 2.34. The summed E-state index contributed by atoms with van der Waals surface area (Å²) in [5, 5.41) is 1.11. The molecule has 1 saturated heterocycles. The molecule has 21 heavy (non-hydrogen) atoms. The lowest BCUT2D eigenvalue weighted by Gasteiger charge is -2.39. The van der Waals surface area contributed by atoms with Crippen LogP contribution in [0, 0.1) is 5.92 Å². The average molecular weight is 300 g/mol. The fraction of sp³-hybridized carbons (Fsp3) is 0.333. The molecule has 0 aliphatic carbocycles. The number of aromatic nitrogens is 3. The Hall–Kier alpha value is -2.08. The number of rotatable bonds is 4. The summed E-state index contributed by atoms with van der Waals surface area (Å²) in [6, 6.07) is 6.07. The van der Waals surface area contributed by atoms with Gasteiger partial charge in [0, 0.05) is 44.0 Å². The quantitative estimate of drug-likeness (QED) is 0.743. The van der Waals surface area contributed by atoms with Crippen LogP contribution in [0.4, 0.5) is 5.13 Å². The molecule has 0 bridgehead atoms. The van der Waals surface area contributed by atoms with E-state index in [9.17, 15) is 0 Å². The molecule has 0 amide bonds. The molecule has 3 aromatic rings. The van der Waals surface area contributed by atoms with Crippen LogP contribution in [0.5, 0.6) is 5.75 Å². The number of fused-ring (bicyclic) bond motifs is 1. The zero-order valence-electron chi connectivity index (χ0n) is 11.8. The molecule has 0 spiro atoms. The molecule has 1 aliphatic heterocycles. The molecule has 3 heterocycles. The molecule has 2 aromatic heterocycles. The number of imidazole rings is 1. The first kappa shape index (κ1) is 12.6. The monoisotopic (exact) mass is 300 g/mol. The van der Waals surface area contributed by atoms with Gasteiger partial charge in [-0.3, -0.25) is 0 Å². The number of nitrogens with zero attached hydrogens (tertiary/aromatic N) is 4. The predicted molar refractivity (Wildman–Crippen MR) is 84.1 cm³/mol. The Balaban J connectivity index is 1.46. The number of benzene rings is 1. The van der Waals surface area contributed by atoms with E-state index in [1.54, 1.807) is 18.4 Å². The van der Waals surface area contributed by atoms with Crippen molar-refractivity contribution in [2.24, 2.45) is 5.92 Å². The summed E-state index contributed by atoms with van der Waals surface area (Å²) in [4.78, 5) is 11.1. The van der Waals surface area contributed by atoms with E-state index in [1.807, 2.05) is 30.9 Å². The molecule has 5 nitrogen and oxygen atoms in total. The molecule has 1 aliphatic rings. The lowest BCUT2D eigenvalue weighted by Crippen LogP contribution is -2.48. The van der Waals surface area contributed by atoms with Crippen LogP contribution in [0.15, 0.2) is 36.9 Å². The van der Waals surface area contributed by atoms with Crippen LogP contribution in [-0.4, -0.2) is 34.7 Å². The minimum Gasteiger partial charge on any atom is -0.497 e. The average Bonchev–Trinajstić information content (AvgIpc) is 3.10. The highest BCUT2D eigenvalue weighted by molar-refractivity contribution is 7.22. The zero-order chi connectivity index (χ0) is 14.2. The molecule has 1 aromatic carbocycles. The molecule has 6 heteroatoms. The molecule has 1 fully saturated rings. The number of hydrogen-bond acceptors (Lipinski definition) is 5. The summed E-state index contributed by atoms with van der Waals surface area (Å²) in [5.74, 6) is 1.54. The van der Waals surface area contributed by atoms with Gasteiger partial charge in [-0.1, -0.05) is 11.3 Å². The first-order valence-electron chi connectivity index (χ1n) is 6.97. The lowest BCUT2D eigenvalue weighted by atomic mass is 10.0. The van der Waals surface area contributed by atoms with Crippen LogP contribution in [0.2, 0.25) is 0 Å². The van der Waals surface area contributed by atoms with Gasteiger partial charge < -0.3 is 14.2 Å². The maximum absolute atomic E-state index is 5.25. The van der Waals surface area contributed by atoms with Crippen molar-refractivity contribution in [1.29, 1.82) is 0 Å². The van der Waals surface area contributed by atoms with Gasteiger partial charge in [0.05, 0.1) is 23.7 Å². The van der Waals surface area contributed by atoms with E-state index in [0.717, 1.165) is 36.0 Å². The number of anilines is 1. The predicted octanol–water partition coefficient (Wildman–Crippen LogP) is 2.64. The minimum atomic E-state index is 0.681. The van der Waals surface area contributed by atoms with Crippen LogP contribution >= 0.6 is 11.3 Å². The SMILES string of the molecule is COc1ccc2sc(N3CC(Cn4ccnc4)C3)nc2c1. The first-order valence-corrected chi connectivity index (χ1v) is 7.79. The first-order chi connectivity index (χ1) is 10.3. The molecule has 0 atom stereocenters. The van der Waals surface area contributed by atoms with E-state index in [0.29, 0.717) is 5.92 Å². The Morgan fingerprint density at radius 1 is 1.38 bits per heavy atom. The van der Waals surface area contributed by atoms with Crippen LogP contribution in [-0.2, 0) is 6.54 Å². The Labute approximate surface area is 126 Å². The summed E-state index contributed by atoms with van der Waals surface area (Å²) >= 11 is 1.75. The minimum absolute atomic E-state index is 0.681. The van der Waals surface area contributed by atoms with Gasteiger partial charge in [-0.25, -0.2) is 9.97 Å². The van der Waals surface area contributed by atoms with Crippen molar-refractivity contribution in [3.63, 3.8) is 0 Å². The molecule has 108 valence electrons. The standard InChI is InChI=1S/C15H16N4OS/c1-20-12-2-3-14-13(6-12)17-15(21-14)19-8-11(9-19)7-18-5-4-16-10-18/h2-6,10-11H,7-9H2,1H3. The maximum atomic E-state index is 5.25. The second kappa shape index (κ2) is 5.04. The zero-order valence-corrected chi connectivity index (χ0v) is 12.6. The van der Waals surface area contributed by atoms with Crippen molar-refractivity contribution < 1.29 is 4.74 Å². The van der Waals surface area contributed by atoms with E-state index in [2.05, 4.69) is 20.5 Å². The smallest absolute Gasteiger partial charge is 0.186 e. The number of methoxy groups -OCH3 is 1. The third-order valence-electron chi connectivity index (χ3n) is 3.84. The van der Waals surface area contributed by atoms with E-state index < -0.39 is 0 Å². The maximum Gasteiger partial charge on any atom is 0.186 e. The van der Waals surface area contributed by atoms with Crippen molar-refractivity contribution in [2.75, 3.05) is 25.1 Å². The molecule has 0 unspecified atom stereocenters. The van der Waals surface area contributed by atoms with E-state index in [-0.39, 0.29) is 0 Å². The highest BCUT2D eigenvalue weighted by Gasteiger charge is 2.29. The molecule has 0 radical (unpaired) electrons. The Morgan fingerprint density at radius 3 is 3.05 bits per heavy atom. The van der Waals surface area contributed by atoms with Crippen molar-refractivity contribution >= 4 is 26.7 Å². The van der Waals surface area contributed by atoms with Gasteiger partial charge in [0.1, 0.15) is 5.75 Å². The van der Waals surface area contributed by atoms with Crippen LogP contribution in [0.25, 0.3) is 10.2 Å². The fourth-order valence-corrected chi connectivity index (χ4v) is 3.66. The second-order valence-corrected chi connectivity index (χ2v) is 6.37. The van der Waals surface area contributed by atoms with Gasteiger partial charge in [0.15, 0.2) is 5.13 Å². The van der Waals surface area contributed by atoms with Crippen molar-refractivity contribution in [3.8, 4) is 5.75 Å². The van der Waals surface area contributed by atoms with Gasteiger partial charge >= 0.3 is 0 Å². The number of thiazole rings is 1. The third-order valence-corrected chi connectivity index (χ3v) is 4.94. The highest BCUT2D eigenvalue weighted by atomic mass is 32.1. The van der Waals surface area contributed by atoms with Crippen molar-refractivity contribution in [3.05, 3.63) is 36.9 Å². The molecule has 4 rings (SSSR count). The molecular formula is C15H16N4OS. The number of hydrogen-bond donors (Lipinski definition) is 0. The second-order valence-electron chi connectivity index (χ2n) is 5.36. The Bertz CT molecular complexity index is 746. The lowest BCUT2D eigenvalue weighted by molar-refractivity contribution is 0.357. The fourth-order valence-electron chi connectivity index (χ4n) is 2.69. The Kier molecular flexibility index (Phi) is 3.03. The summed E-state index contributed by atoms with van der Waals surface area (Å²) in [6.07, 6.45) is 5.73. The van der Waals surface area contributed by atoms with Gasteiger partial charge in [0.25, 0.3) is 0 Å². The molecule has 0 N–H and O–H groups in total. The topological polar surface area (TPSA) is 43.2 Å². The van der Waals surface area contributed by atoms with Crippen molar-refractivity contribution in [2.45, 2.75) is 6.54 Å². The van der Waals surface area contributed by atoms with Gasteiger partial charge in [0.2, 0.25) is 0 Å². The largest absolute Gasteiger partial charge is 0.497 e. The van der Waals surface area contributed by atoms with E-state index in [1.165, 1.54) is 4.70 Å². The van der Waals surface area contributed by atoms with Crippen LogP contribution < -0.4 is 9.64 Å². The Morgan fingerprint density at radius 2 is 2.29 bits per heavy atom. The summed E-state index contributed by atoms with van der Waals surface area (Å²) in [7, 11) is 1.69. The third kappa shape index (κ3) is 2.35. The van der Waals surface area contributed by atoms with E-state index in [4.69, 9.17) is 9.72 Å². The van der Waals surface area contributed by atoms with Crippen LogP contribution in [0.3, 0.4) is 0 Å². The van der Waals surface area contributed by atoms with Crippen LogP contribution in [0.1, 0.15) is 0 Å². The van der Waals surface area contributed by atoms with Gasteiger partial charge in [-0.05, 0) is 12.1 Å². The van der Waals surface area contributed by atoms with Gasteiger partial charge in [-0.2, -0.15) is 0 Å². The molecular weight excluding hydrogens is 284 g/mol. The summed E-state index contributed by atoms with van der Waals surface area (Å²) in [5.41, 5.74) is 1.02. The van der Waals surface area contributed by atoms with Crippen molar-refractivity contribution in [1.82, 2.24) is 14.5 Å². The summed E-state index contributed by atoms with van der Waals surface area (Å²) in [6.45, 7) is 3.17. The van der Waals surface area contributed by atoms with E-state index >= 15 is 0 Å². The van der Waals surface area contributed by atoms with Gasteiger partial charge in [-0.15, -0.1) is 0 Å². The normalized spacial score (nSPS) is 15.4. The number of ether oxygens (including phenoxy) is 1.